The van der Waals surface area contributed by atoms with Gasteiger partial charge >= 0.3 is 11.9 Å². The highest BCUT2D eigenvalue weighted by molar-refractivity contribution is 6.26. The lowest BCUT2D eigenvalue weighted by Gasteiger charge is -2.26. The average Bonchev–Trinajstić information content (AvgIpc) is 3.04. The minimum absolute atomic E-state index is 0.0149. The molecule has 0 spiro atoms. The van der Waals surface area contributed by atoms with Gasteiger partial charge in [-0.2, -0.15) is 0 Å². The zero-order valence-electron chi connectivity index (χ0n) is 26.9. The third-order valence-electron chi connectivity index (χ3n) is 7.02. The number of rotatable bonds is 13. The highest BCUT2D eigenvalue weighted by Crippen LogP contribution is 2.32. The Hall–Kier alpha value is -3.61. The van der Waals surface area contributed by atoms with Gasteiger partial charge in [0.1, 0.15) is 35.2 Å². The molecule has 0 unspecified atom stereocenters. The summed E-state index contributed by atoms with van der Waals surface area (Å²) in [6.45, 7) is 7.33. The number of nitrogens with zero attached hydrogens (tertiary/aromatic N) is 2. The van der Waals surface area contributed by atoms with Crippen LogP contribution in [0.2, 0.25) is 0 Å². The van der Waals surface area contributed by atoms with Gasteiger partial charge in [-0.15, -0.1) is 11.6 Å². The van der Waals surface area contributed by atoms with Gasteiger partial charge in [-0.25, -0.2) is 4.79 Å². The molecule has 0 bridgehead atoms. The molecule has 0 N–H and O–H groups in total. The summed E-state index contributed by atoms with van der Waals surface area (Å²) in [7, 11) is 0. The molecule has 12 nitrogen and oxygen atoms in total. The number of carbonyl (C=O) groups excluding carboxylic acids is 3. The Balaban J connectivity index is 2.02. The summed E-state index contributed by atoms with van der Waals surface area (Å²) in [5, 5.41) is 4.29. The fraction of sp³-hybridized carbons (Fsp3) is 0.576. The summed E-state index contributed by atoms with van der Waals surface area (Å²) in [5.41, 5.74) is 1.04. The van der Waals surface area contributed by atoms with E-state index >= 15 is 0 Å². The highest BCUT2D eigenvalue weighted by atomic mass is 35.5. The fourth-order valence-electron chi connectivity index (χ4n) is 4.73. The van der Waals surface area contributed by atoms with Gasteiger partial charge in [0.25, 0.3) is 5.91 Å². The number of fused-ring (bicyclic) bond motifs is 1. The first-order valence-electron chi connectivity index (χ1n) is 15.7. The van der Waals surface area contributed by atoms with Crippen LogP contribution in [-0.2, 0) is 39.8 Å². The van der Waals surface area contributed by atoms with E-state index in [4.69, 9.17) is 44.9 Å². The lowest BCUT2D eigenvalue weighted by molar-refractivity contribution is -0.143. The molecule has 1 fully saturated rings. The van der Waals surface area contributed by atoms with E-state index in [0.29, 0.717) is 56.2 Å². The molecule has 2 aliphatic rings. The summed E-state index contributed by atoms with van der Waals surface area (Å²) < 4.78 is 33.7. The Kier molecular flexibility index (Phi) is 16.4. The molecular weight excluding hydrogens is 620 g/mol. The van der Waals surface area contributed by atoms with Crippen LogP contribution < -0.4 is 9.47 Å². The lowest BCUT2D eigenvalue weighted by Crippen LogP contribution is -2.37. The van der Waals surface area contributed by atoms with E-state index in [1.54, 1.807) is 48.3 Å². The minimum Gasteiger partial charge on any atom is -0.467 e. The molecule has 2 aliphatic heterocycles. The Morgan fingerprint density at radius 1 is 1.02 bits per heavy atom. The van der Waals surface area contributed by atoms with Gasteiger partial charge in [0, 0.05) is 51.6 Å². The summed E-state index contributed by atoms with van der Waals surface area (Å²) in [5.74, 6) is -1.03. The van der Waals surface area contributed by atoms with Crippen molar-refractivity contribution in [1.82, 2.24) is 4.90 Å². The van der Waals surface area contributed by atoms with Crippen LogP contribution in [0.1, 0.15) is 68.8 Å². The van der Waals surface area contributed by atoms with E-state index in [2.05, 4.69) is 5.16 Å². The largest absolute Gasteiger partial charge is 0.467 e. The van der Waals surface area contributed by atoms with E-state index in [0.717, 1.165) is 19.3 Å². The quantitative estimate of drug-likeness (QED) is 0.0712. The van der Waals surface area contributed by atoms with Crippen LogP contribution in [0.5, 0.6) is 11.5 Å². The molecule has 0 saturated carbocycles. The highest BCUT2D eigenvalue weighted by Gasteiger charge is 2.25. The van der Waals surface area contributed by atoms with Crippen molar-refractivity contribution in [3.63, 3.8) is 0 Å². The molecule has 13 heteroatoms. The number of allylic oxidation sites excluding steroid dienone is 1. The molecule has 1 saturated heterocycles. The van der Waals surface area contributed by atoms with Crippen LogP contribution in [0, 0.1) is 0 Å². The minimum atomic E-state index is -0.620. The van der Waals surface area contributed by atoms with Gasteiger partial charge in [-0.3, -0.25) is 9.59 Å². The lowest BCUT2D eigenvalue weighted by atomic mass is 9.99. The summed E-state index contributed by atoms with van der Waals surface area (Å²) in [6, 6.07) is 3.27. The smallest absolute Gasteiger partial charge is 0.342 e. The average molecular weight is 665 g/mol. The first kappa shape index (κ1) is 36.9. The predicted octanol–water partition coefficient (Wildman–Crippen LogP) is 4.96. The zero-order valence-corrected chi connectivity index (χ0v) is 27.6. The number of cyclic esters (lactones) is 1. The second-order valence-electron chi connectivity index (χ2n) is 10.6. The number of hydrogen-bond donors (Lipinski definition) is 0. The number of esters is 2. The number of piperidine rings is 1. The topological polar surface area (TPSA) is 131 Å². The number of oxime groups is 1. The molecule has 0 radical (unpaired) electrons. The monoisotopic (exact) mass is 664 g/mol. The Labute approximate surface area is 275 Å². The maximum atomic E-state index is 13.7. The van der Waals surface area contributed by atoms with Crippen LogP contribution in [0.25, 0.3) is 0 Å². The van der Waals surface area contributed by atoms with E-state index in [1.165, 1.54) is 0 Å². The van der Waals surface area contributed by atoms with Crippen LogP contribution in [0.3, 0.4) is 0 Å². The van der Waals surface area contributed by atoms with Crippen molar-refractivity contribution in [3.05, 3.63) is 47.6 Å². The van der Waals surface area contributed by atoms with E-state index < -0.39 is 24.1 Å². The summed E-state index contributed by atoms with van der Waals surface area (Å²) >= 11 is 5.67. The number of halogens is 1. The van der Waals surface area contributed by atoms with Crippen molar-refractivity contribution in [3.8, 4) is 11.5 Å². The maximum Gasteiger partial charge on any atom is 0.342 e. The van der Waals surface area contributed by atoms with Gasteiger partial charge < -0.3 is 38.2 Å². The Morgan fingerprint density at radius 3 is 2.48 bits per heavy atom. The summed E-state index contributed by atoms with van der Waals surface area (Å²) in [4.78, 5) is 45.7. The van der Waals surface area contributed by atoms with Gasteiger partial charge in [-0.05, 0) is 63.8 Å². The number of hydrogen-bond acceptors (Lipinski definition) is 11. The van der Waals surface area contributed by atoms with Gasteiger partial charge in [-0.1, -0.05) is 17.3 Å². The Morgan fingerprint density at radius 2 is 1.76 bits per heavy atom. The van der Waals surface area contributed by atoms with Gasteiger partial charge in [0.15, 0.2) is 20.2 Å². The van der Waals surface area contributed by atoms with Crippen molar-refractivity contribution in [2.24, 2.45) is 5.16 Å². The summed E-state index contributed by atoms with van der Waals surface area (Å²) in [6.07, 6.45) is 9.62. The van der Waals surface area contributed by atoms with Gasteiger partial charge in [0.2, 0.25) is 0 Å². The standard InChI is InChI=1S/C33H45ClN2O10/c1-4-40-22-42-28-18-25-17-26(35-44-21-30(37)36-15-7-6-8-16-36)12-10-14-27(46-31(38)20-34)13-9-11-24(3)45-33(39)32(25)29(19-28)43-23-41-5-2/h9-10,12-13,18-19,24,27H,4-8,11,14-17,20-23H2,1-3H3/b12-10+,13-9+,35-26?/t24-,27-/m1/s1. The predicted molar refractivity (Wildman–Crippen MR) is 171 cm³/mol. The van der Waals surface area contributed by atoms with E-state index in [1.807, 2.05) is 13.8 Å². The number of amides is 1. The molecule has 254 valence electrons. The molecule has 0 aliphatic carbocycles. The van der Waals surface area contributed by atoms with Crippen molar-refractivity contribution in [2.45, 2.75) is 71.5 Å². The molecule has 2 heterocycles. The van der Waals surface area contributed by atoms with Crippen LogP contribution in [0.4, 0.5) is 0 Å². The molecule has 2 atom stereocenters. The van der Waals surface area contributed by atoms with Crippen molar-refractivity contribution < 1.29 is 47.6 Å². The number of benzene rings is 1. The second-order valence-corrected chi connectivity index (χ2v) is 10.9. The van der Waals surface area contributed by atoms with Crippen LogP contribution >= 0.6 is 11.6 Å². The van der Waals surface area contributed by atoms with Crippen molar-refractivity contribution in [1.29, 1.82) is 0 Å². The zero-order chi connectivity index (χ0) is 33.1. The molecular formula is C33H45ClN2O10. The number of alkyl halides is 1. The Bertz CT molecular complexity index is 1230. The van der Waals surface area contributed by atoms with Crippen LogP contribution in [-0.4, -0.2) is 93.0 Å². The number of likely N-dealkylation sites (tertiary alicyclic amines) is 1. The third kappa shape index (κ3) is 12.6. The van der Waals surface area contributed by atoms with Crippen molar-refractivity contribution >= 4 is 35.2 Å². The number of ether oxygens (including phenoxy) is 6. The third-order valence-corrected chi connectivity index (χ3v) is 7.24. The molecule has 0 aromatic heterocycles. The maximum absolute atomic E-state index is 13.7. The first-order chi connectivity index (χ1) is 22.3. The first-order valence-corrected chi connectivity index (χ1v) is 16.2. The van der Waals surface area contributed by atoms with Gasteiger partial charge in [0.05, 0.1) is 5.71 Å². The number of carbonyl (C=O) groups is 3. The van der Waals surface area contributed by atoms with Crippen molar-refractivity contribution in [2.75, 3.05) is 52.4 Å². The van der Waals surface area contributed by atoms with E-state index in [-0.39, 0.29) is 49.7 Å². The van der Waals surface area contributed by atoms with Crippen LogP contribution in [0.15, 0.2) is 41.6 Å². The SMILES string of the molecule is CCOCOc1cc2c(c(OCOCC)c1)C(=O)O[C@H](C)C/C=C/[C@@H](OC(=O)CCl)C/C=C/C(=NOCC(=O)N1CCCCC1)C2. The molecule has 46 heavy (non-hydrogen) atoms. The normalized spacial score (nSPS) is 21.3. The second kappa shape index (κ2) is 20.5. The molecule has 1 aromatic carbocycles. The fourth-order valence-corrected chi connectivity index (χ4v) is 4.80. The van der Waals surface area contributed by atoms with E-state index in [9.17, 15) is 14.4 Å². The molecule has 1 aromatic rings. The molecule has 3 rings (SSSR count). The molecule has 1 amide bonds.